The highest BCUT2D eigenvalue weighted by Crippen LogP contribution is 2.24. The Hall–Kier alpha value is -2.04. The predicted molar refractivity (Wildman–Crippen MR) is 97.9 cm³/mol. The van der Waals surface area contributed by atoms with Gasteiger partial charge in [0.25, 0.3) is 5.91 Å². The number of nitrogens with zero attached hydrogens (tertiary/aromatic N) is 1. The summed E-state index contributed by atoms with van der Waals surface area (Å²) in [7, 11) is 3.33. The highest BCUT2D eigenvalue weighted by atomic mass is 35.5. The molecular weight excluding hydrogens is 347 g/mol. The molecule has 0 saturated carbocycles. The Bertz CT molecular complexity index is 760. The molecule has 0 aromatic heterocycles. The Labute approximate surface area is 151 Å². The van der Waals surface area contributed by atoms with E-state index in [1.54, 1.807) is 38.4 Å². The molecule has 0 fully saturated rings. The van der Waals surface area contributed by atoms with Crippen LogP contribution < -0.4 is 5.32 Å². The zero-order valence-electron chi connectivity index (χ0n) is 13.5. The maximum Gasteiger partial charge on any atom is 0.253 e. The molecule has 1 N–H and O–H groups in total. The first-order valence-electron chi connectivity index (χ1n) is 7.42. The first-order chi connectivity index (χ1) is 11.4. The minimum atomic E-state index is -0.175. The molecule has 0 spiro atoms. The van der Waals surface area contributed by atoms with E-state index in [1.807, 2.05) is 18.2 Å². The van der Waals surface area contributed by atoms with Gasteiger partial charge < -0.3 is 10.2 Å². The van der Waals surface area contributed by atoms with Crippen LogP contribution in [0, 0.1) is 0 Å². The molecule has 0 atom stereocenters. The molecule has 0 radical (unpaired) electrons. The summed E-state index contributed by atoms with van der Waals surface area (Å²) in [6.07, 6.45) is 0.864. The second-order valence-corrected chi connectivity index (χ2v) is 6.42. The third-order valence-electron chi connectivity index (χ3n) is 3.42. The second-order valence-electron chi connectivity index (χ2n) is 5.57. The Morgan fingerprint density at radius 1 is 1.08 bits per heavy atom. The number of halogens is 2. The van der Waals surface area contributed by atoms with Crippen molar-refractivity contribution in [1.82, 2.24) is 4.90 Å². The fourth-order valence-corrected chi connectivity index (χ4v) is 2.55. The molecule has 2 aromatic rings. The minimum absolute atomic E-state index is 0.152. The summed E-state index contributed by atoms with van der Waals surface area (Å²) in [4.78, 5) is 25.6. The fraction of sp³-hybridized carbons (Fsp3) is 0.222. The van der Waals surface area contributed by atoms with Crippen molar-refractivity contribution in [2.75, 3.05) is 19.4 Å². The van der Waals surface area contributed by atoms with Crippen molar-refractivity contribution in [3.8, 4) is 0 Å². The lowest BCUT2D eigenvalue weighted by molar-refractivity contribution is -0.116. The molecule has 0 unspecified atom stereocenters. The summed E-state index contributed by atoms with van der Waals surface area (Å²) >= 11 is 12.0. The molecular formula is C18H18Cl2N2O2. The van der Waals surface area contributed by atoms with E-state index in [2.05, 4.69) is 5.32 Å². The van der Waals surface area contributed by atoms with Gasteiger partial charge in [-0.1, -0.05) is 35.3 Å². The van der Waals surface area contributed by atoms with Crippen molar-refractivity contribution in [2.24, 2.45) is 0 Å². The highest BCUT2D eigenvalue weighted by molar-refractivity contribution is 6.34. The molecule has 4 nitrogen and oxygen atoms in total. The van der Waals surface area contributed by atoms with Crippen LogP contribution in [-0.2, 0) is 11.2 Å². The Morgan fingerprint density at radius 2 is 1.83 bits per heavy atom. The number of carbonyl (C=O) groups is 2. The maximum absolute atomic E-state index is 12.1. The molecule has 2 rings (SSSR count). The van der Waals surface area contributed by atoms with Crippen molar-refractivity contribution in [3.63, 3.8) is 0 Å². The van der Waals surface area contributed by atoms with Gasteiger partial charge in [-0.3, -0.25) is 9.59 Å². The minimum Gasteiger partial charge on any atom is -0.345 e. The Morgan fingerprint density at radius 3 is 2.50 bits per heavy atom. The van der Waals surface area contributed by atoms with E-state index >= 15 is 0 Å². The van der Waals surface area contributed by atoms with Crippen LogP contribution in [0.15, 0.2) is 42.5 Å². The lowest BCUT2D eigenvalue weighted by Gasteiger charge is -2.13. The number of hydrogen-bond donors (Lipinski definition) is 1. The summed E-state index contributed by atoms with van der Waals surface area (Å²) in [5.41, 5.74) is 1.88. The van der Waals surface area contributed by atoms with Gasteiger partial charge in [-0.2, -0.15) is 0 Å². The summed E-state index contributed by atoms with van der Waals surface area (Å²) in [6.45, 7) is 0. The molecule has 2 aromatic carbocycles. The van der Waals surface area contributed by atoms with Gasteiger partial charge in [-0.15, -0.1) is 0 Å². The van der Waals surface area contributed by atoms with Crippen molar-refractivity contribution in [1.29, 1.82) is 0 Å². The van der Waals surface area contributed by atoms with Crippen LogP contribution >= 0.6 is 23.2 Å². The molecule has 0 aliphatic rings. The van der Waals surface area contributed by atoms with E-state index in [-0.39, 0.29) is 11.8 Å². The topological polar surface area (TPSA) is 49.4 Å². The third kappa shape index (κ3) is 4.98. The van der Waals surface area contributed by atoms with Gasteiger partial charge >= 0.3 is 0 Å². The molecule has 2 amide bonds. The predicted octanol–water partition coefficient (Wildman–Crippen LogP) is 4.27. The maximum atomic E-state index is 12.1. The number of amides is 2. The molecule has 24 heavy (non-hydrogen) atoms. The van der Waals surface area contributed by atoms with Crippen LogP contribution in [0.25, 0.3) is 0 Å². The Kier molecular flexibility index (Phi) is 6.23. The van der Waals surface area contributed by atoms with Gasteiger partial charge in [0.05, 0.1) is 10.7 Å². The van der Waals surface area contributed by atoms with Crippen molar-refractivity contribution >= 4 is 40.7 Å². The number of anilines is 1. The van der Waals surface area contributed by atoms with E-state index in [1.165, 1.54) is 4.90 Å². The first-order valence-corrected chi connectivity index (χ1v) is 8.18. The van der Waals surface area contributed by atoms with Crippen molar-refractivity contribution in [2.45, 2.75) is 12.8 Å². The van der Waals surface area contributed by atoms with Gasteiger partial charge in [0.15, 0.2) is 0 Å². The summed E-state index contributed by atoms with van der Waals surface area (Å²) in [5.74, 6) is -0.326. The van der Waals surface area contributed by atoms with E-state index in [9.17, 15) is 9.59 Å². The van der Waals surface area contributed by atoms with Crippen LogP contribution in [0.4, 0.5) is 5.69 Å². The molecule has 6 heteroatoms. The van der Waals surface area contributed by atoms with Gasteiger partial charge in [0.1, 0.15) is 0 Å². The zero-order valence-corrected chi connectivity index (χ0v) is 15.0. The van der Waals surface area contributed by atoms with Gasteiger partial charge in [0.2, 0.25) is 5.91 Å². The van der Waals surface area contributed by atoms with Crippen LogP contribution in [0.2, 0.25) is 10.0 Å². The number of benzene rings is 2. The second kappa shape index (κ2) is 8.18. The number of aryl methyl sites for hydroxylation is 1. The van der Waals surface area contributed by atoms with E-state index < -0.39 is 0 Å². The number of carbonyl (C=O) groups excluding carboxylic acids is 2. The van der Waals surface area contributed by atoms with Crippen molar-refractivity contribution < 1.29 is 9.59 Å². The normalized spacial score (nSPS) is 10.3. The summed E-state index contributed by atoms with van der Waals surface area (Å²) in [5, 5.41) is 3.79. The standard InChI is InChI=1S/C18H18Cl2N2O2/c1-22(2)18(24)13-7-8-15(20)16(11-13)21-17(23)9-6-12-4-3-5-14(19)10-12/h3-5,7-8,10-11H,6,9H2,1-2H3,(H,21,23). The number of nitrogens with one attached hydrogen (secondary N) is 1. The van der Waals surface area contributed by atoms with Gasteiger partial charge in [-0.05, 0) is 42.3 Å². The molecule has 0 aliphatic heterocycles. The van der Waals surface area contributed by atoms with E-state index in [0.717, 1.165) is 5.56 Å². The van der Waals surface area contributed by atoms with Gasteiger partial charge in [0, 0.05) is 31.1 Å². The number of hydrogen-bond acceptors (Lipinski definition) is 2. The van der Waals surface area contributed by atoms with Crippen LogP contribution in [0.1, 0.15) is 22.3 Å². The average Bonchev–Trinajstić information content (AvgIpc) is 2.54. The monoisotopic (exact) mass is 364 g/mol. The van der Waals surface area contributed by atoms with E-state index in [4.69, 9.17) is 23.2 Å². The molecule has 0 saturated heterocycles. The lowest BCUT2D eigenvalue weighted by atomic mass is 10.1. The number of rotatable bonds is 5. The average molecular weight is 365 g/mol. The Balaban J connectivity index is 2.03. The molecule has 0 bridgehead atoms. The lowest BCUT2D eigenvalue weighted by Crippen LogP contribution is -2.22. The quantitative estimate of drug-likeness (QED) is 0.861. The van der Waals surface area contributed by atoms with Gasteiger partial charge in [-0.25, -0.2) is 0 Å². The smallest absolute Gasteiger partial charge is 0.253 e. The van der Waals surface area contributed by atoms with Crippen molar-refractivity contribution in [3.05, 3.63) is 63.6 Å². The third-order valence-corrected chi connectivity index (χ3v) is 3.99. The fourth-order valence-electron chi connectivity index (χ4n) is 2.18. The van der Waals surface area contributed by atoms with Crippen LogP contribution in [-0.4, -0.2) is 30.8 Å². The van der Waals surface area contributed by atoms with E-state index in [0.29, 0.717) is 34.1 Å². The van der Waals surface area contributed by atoms with Crippen LogP contribution in [0.3, 0.4) is 0 Å². The molecule has 0 heterocycles. The first kappa shape index (κ1) is 18.3. The highest BCUT2D eigenvalue weighted by Gasteiger charge is 2.12. The largest absolute Gasteiger partial charge is 0.345 e. The van der Waals surface area contributed by atoms with Crippen LogP contribution in [0.5, 0.6) is 0 Å². The zero-order chi connectivity index (χ0) is 17.7. The SMILES string of the molecule is CN(C)C(=O)c1ccc(Cl)c(NC(=O)CCc2cccc(Cl)c2)c1. The summed E-state index contributed by atoms with van der Waals surface area (Å²) in [6, 6.07) is 12.2. The molecule has 0 aliphatic carbocycles. The molecule has 126 valence electrons. The summed E-state index contributed by atoms with van der Waals surface area (Å²) < 4.78 is 0.